The Hall–Kier alpha value is -2.49. The summed E-state index contributed by atoms with van der Waals surface area (Å²) < 4.78 is 5.14. The Kier molecular flexibility index (Phi) is 5.50. The van der Waals surface area contributed by atoms with Gasteiger partial charge in [0.15, 0.2) is 0 Å². The van der Waals surface area contributed by atoms with E-state index in [-0.39, 0.29) is 6.10 Å². The molecule has 4 heteroatoms. The van der Waals surface area contributed by atoms with Crippen LogP contribution in [0, 0.1) is 0 Å². The molecule has 1 amide bonds. The van der Waals surface area contributed by atoms with E-state index >= 15 is 0 Å². The molecule has 0 spiro atoms. The zero-order valence-electron chi connectivity index (χ0n) is 16.1. The number of anilines is 2. The van der Waals surface area contributed by atoms with Gasteiger partial charge in [-0.05, 0) is 61.1 Å². The summed E-state index contributed by atoms with van der Waals surface area (Å²) in [6.45, 7) is 10.0. The van der Waals surface area contributed by atoms with Gasteiger partial charge >= 0.3 is 6.09 Å². The second-order valence-corrected chi connectivity index (χ2v) is 7.49. The number of ether oxygens (including phenoxy) is 1. The molecule has 138 valence electrons. The molecule has 2 aromatic rings. The first-order valence-electron chi connectivity index (χ1n) is 9.36. The van der Waals surface area contributed by atoms with Crippen LogP contribution in [0.1, 0.15) is 50.3 Å². The highest BCUT2D eigenvalue weighted by Crippen LogP contribution is 2.32. The van der Waals surface area contributed by atoms with Crippen molar-refractivity contribution in [3.05, 3.63) is 59.2 Å². The highest BCUT2D eigenvalue weighted by Gasteiger charge is 2.20. The van der Waals surface area contributed by atoms with Gasteiger partial charge in [0.25, 0.3) is 0 Å². The molecule has 0 saturated carbocycles. The Bertz CT molecular complexity index is 766. The molecule has 0 aliphatic carbocycles. The van der Waals surface area contributed by atoms with Crippen LogP contribution in [-0.4, -0.2) is 18.7 Å². The van der Waals surface area contributed by atoms with Crippen molar-refractivity contribution >= 4 is 17.5 Å². The van der Waals surface area contributed by atoms with Crippen molar-refractivity contribution in [2.75, 3.05) is 16.8 Å². The van der Waals surface area contributed by atoms with Crippen LogP contribution in [0.5, 0.6) is 0 Å². The average molecular weight is 352 g/mol. The molecule has 1 aliphatic heterocycles. The Labute approximate surface area is 156 Å². The lowest BCUT2D eigenvalue weighted by Crippen LogP contribution is -2.19. The summed E-state index contributed by atoms with van der Waals surface area (Å²) in [7, 11) is 0. The van der Waals surface area contributed by atoms with Gasteiger partial charge in [-0.2, -0.15) is 0 Å². The first-order chi connectivity index (χ1) is 12.4. The largest absolute Gasteiger partial charge is 0.447 e. The molecule has 0 saturated heterocycles. The molecular weight excluding hydrogens is 324 g/mol. The molecule has 0 radical (unpaired) electrons. The van der Waals surface area contributed by atoms with E-state index in [4.69, 9.17) is 4.74 Å². The zero-order chi connectivity index (χ0) is 18.7. The van der Waals surface area contributed by atoms with E-state index in [2.05, 4.69) is 60.5 Å². The lowest BCUT2D eigenvalue weighted by molar-refractivity contribution is 0.130. The van der Waals surface area contributed by atoms with Gasteiger partial charge in [-0.15, -0.1) is 0 Å². The van der Waals surface area contributed by atoms with Gasteiger partial charge in [0.1, 0.15) is 0 Å². The van der Waals surface area contributed by atoms with E-state index in [1.807, 2.05) is 19.9 Å². The molecule has 4 nitrogen and oxygen atoms in total. The molecule has 0 fully saturated rings. The van der Waals surface area contributed by atoms with Crippen LogP contribution in [0.15, 0.2) is 42.5 Å². The molecule has 1 aliphatic rings. The van der Waals surface area contributed by atoms with Crippen LogP contribution < -0.4 is 10.2 Å². The molecule has 0 aromatic heterocycles. The monoisotopic (exact) mass is 352 g/mol. The number of fused-ring (bicyclic) bond motifs is 1. The number of nitrogens with zero attached hydrogens (tertiary/aromatic N) is 1. The number of hydrogen-bond acceptors (Lipinski definition) is 3. The molecule has 1 N–H and O–H groups in total. The van der Waals surface area contributed by atoms with Crippen molar-refractivity contribution in [1.29, 1.82) is 0 Å². The summed E-state index contributed by atoms with van der Waals surface area (Å²) in [5, 5.41) is 2.80. The highest BCUT2D eigenvalue weighted by molar-refractivity contribution is 5.85. The van der Waals surface area contributed by atoms with Crippen molar-refractivity contribution in [3.8, 4) is 0 Å². The van der Waals surface area contributed by atoms with Crippen molar-refractivity contribution in [3.63, 3.8) is 0 Å². The maximum Gasteiger partial charge on any atom is 0.411 e. The van der Waals surface area contributed by atoms with Crippen molar-refractivity contribution in [2.45, 2.75) is 52.7 Å². The number of carbonyl (C=O) groups excluding carboxylic acids is 1. The fourth-order valence-electron chi connectivity index (χ4n) is 3.30. The van der Waals surface area contributed by atoms with Crippen LogP contribution >= 0.6 is 0 Å². The maximum absolute atomic E-state index is 11.8. The van der Waals surface area contributed by atoms with Gasteiger partial charge < -0.3 is 9.64 Å². The Morgan fingerprint density at radius 3 is 2.50 bits per heavy atom. The van der Waals surface area contributed by atoms with Crippen LogP contribution in [0.25, 0.3) is 0 Å². The van der Waals surface area contributed by atoms with Gasteiger partial charge in [0, 0.05) is 24.5 Å². The van der Waals surface area contributed by atoms with Gasteiger partial charge in [-0.1, -0.05) is 38.1 Å². The Morgan fingerprint density at radius 1 is 1.12 bits per heavy atom. The first-order valence-corrected chi connectivity index (χ1v) is 9.36. The smallest absolute Gasteiger partial charge is 0.411 e. The second-order valence-electron chi connectivity index (χ2n) is 7.49. The zero-order valence-corrected chi connectivity index (χ0v) is 16.1. The van der Waals surface area contributed by atoms with Gasteiger partial charge in [-0.3, -0.25) is 5.32 Å². The van der Waals surface area contributed by atoms with Crippen LogP contribution in [0.3, 0.4) is 0 Å². The topological polar surface area (TPSA) is 41.6 Å². The van der Waals surface area contributed by atoms with Crippen molar-refractivity contribution in [2.24, 2.45) is 0 Å². The van der Waals surface area contributed by atoms with E-state index in [1.54, 1.807) is 0 Å². The standard InChI is InChI=1S/C22H28N2O2/c1-15(2)18-7-5-17(6-8-18)14-24-12-11-19-13-20(9-10-21(19)24)23-22(25)26-16(3)4/h5-10,13,15-16H,11-12,14H2,1-4H3,(H,23,25). The normalized spacial score (nSPS) is 13.2. The molecule has 0 unspecified atom stereocenters. The van der Waals surface area contributed by atoms with E-state index < -0.39 is 6.09 Å². The third-order valence-electron chi connectivity index (χ3n) is 4.68. The van der Waals surface area contributed by atoms with Crippen molar-refractivity contribution in [1.82, 2.24) is 0 Å². The van der Waals surface area contributed by atoms with Gasteiger partial charge in [-0.25, -0.2) is 4.79 Å². The summed E-state index contributed by atoms with van der Waals surface area (Å²) >= 11 is 0. The highest BCUT2D eigenvalue weighted by atomic mass is 16.6. The van der Waals surface area contributed by atoms with Gasteiger partial charge in [0.2, 0.25) is 0 Å². The molecule has 0 bridgehead atoms. The summed E-state index contributed by atoms with van der Waals surface area (Å²) in [4.78, 5) is 14.2. The van der Waals surface area contributed by atoms with Gasteiger partial charge in [0.05, 0.1) is 6.10 Å². The van der Waals surface area contributed by atoms with Crippen LogP contribution in [0.4, 0.5) is 16.2 Å². The molecule has 2 aromatic carbocycles. The molecule has 3 rings (SSSR count). The molecule has 0 atom stereocenters. The number of rotatable bonds is 5. The number of benzene rings is 2. The quantitative estimate of drug-likeness (QED) is 0.791. The fraction of sp³-hybridized carbons (Fsp3) is 0.409. The number of hydrogen-bond donors (Lipinski definition) is 1. The predicted octanol–water partition coefficient (Wildman–Crippen LogP) is 5.33. The SMILES string of the molecule is CC(C)OC(=O)Nc1ccc2c(c1)CCN2Cc1ccc(C(C)C)cc1. The van der Waals surface area contributed by atoms with E-state index in [0.717, 1.165) is 25.2 Å². The summed E-state index contributed by atoms with van der Waals surface area (Å²) in [5.41, 5.74) is 6.01. The van der Waals surface area contributed by atoms with E-state index in [0.29, 0.717) is 5.92 Å². The molecule has 1 heterocycles. The maximum atomic E-state index is 11.8. The lowest BCUT2D eigenvalue weighted by atomic mass is 10.0. The summed E-state index contributed by atoms with van der Waals surface area (Å²) in [5.74, 6) is 0.560. The number of amides is 1. The minimum Gasteiger partial charge on any atom is -0.447 e. The Balaban J connectivity index is 1.67. The second kappa shape index (κ2) is 7.81. The first kappa shape index (κ1) is 18.3. The molecular formula is C22H28N2O2. The predicted molar refractivity (Wildman–Crippen MR) is 107 cm³/mol. The third kappa shape index (κ3) is 4.37. The average Bonchev–Trinajstić information content (AvgIpc) is 2.96. The third-order valence-corrected chi connectivity index (χ3v) is 4.68. The number of carbonyl (C=O) groups is 1. The Morgan fingerprint density at radius 2 is 1.85 bits per heavy atom. The minimum absolute atomic E-state index is 0.123. The van der Waals surface area contributed by atoms with Crippen LogP contribution in [0.2, 0.25) is 0 Å². The number of nitrogens with one attached hydrogen (secondary N) is 1. The van der Waals surface area contributed by atoms with Crippen LogP contribution in [-0.2, 0) is 17.7 Å². The van der Waals surface area contributed by atoms with E-state index in [1.165, 1.54) is 22.4 Å². The van der Waals surface area contributed by atoms with E-state index in [9.17, 15) is 4.79 Å². The molecule has 26 heavy (non-hydrogen) atoms. The van der Waals surface area contributed by atoms with Crippen molar-refractivity contribution < 1.29 is 9.53 Å². The summed E-state index contributed by atoms with van der Waals surface area (Å²) in [6.07, 6.45) is 0.468. The lowest BCUT2D eigenvalue weighted by Gasteiger charge is -2.20. The summed E-state index contributed by atoms with van der Waals surface area (Å²) in [6, 6.07) is 15.0. The minimum atomic E-state index is -0.403. The fourth-order valence-corrected chi connectivity index (χ4v) is 3.30.